The van der Waals surface area contributed by atoms with Gasteiger partial charge in [-0.25, -0.2) is 4.79 Å². The Hall–Kier alpha value is -2.59. The number of aliphatic hydroxyl groups excluding tert-OH is 1. The lowest BCUT2D eigenvalue weighted by atomic mass is 10.0. The number of esters is 1. The fourth-order valence-electron chi connectivity index (χ4n) is 2.27. The highest BCUT2D eigenvalue weighted by Crippen LogP contribution is 2.24. The van der Waals surface area contributed by atoms with Gasteiger partial charge in [-0.2, -0.15) is 0 Å². The van der Waals surface area contributed by atoms with Crippen molar-refractivity contribution in [1.82, 2.24) is 0 Å². The molecule has 0 atom stereocenters. The van der Waals surface area contributed by atoms with Crippen molar-refractivity contribution in [2.24, 2.45) is 0 Å². The molecule has 0 radical (unpaired) electrons. The molecule has 0 amide bonds. The van der Waals surface area contributed by atoms with E-state index < -0.39 is 0 Å². The minimum absolute atomic E-state index is 0.134. The van der Waals surface area contributed by atoms with Crippen molar-refractivity contribution in [3.05, 3.63) is 65.2 Å². The van der Waals surface area contributed by atoms with Crippen molar-refractivity contribution < 1.29 is 19.4 Å². The number of ether oxygens (including phenoxy) is 2. The van der Waals surface area contributed by atoms with Crippen LogP contribution in [-0.4, -0.2) is 24.8 Å². The van der Waals surface area contributed by atoms with Gasteiger partial charge >= 0.3 is 5.97 Å². The largest absolute Gasteiger partial charge is 0.496 e. The third kappa shape index (κ3) is 4.20. The second kappa shape index (κ2) is 8.15. The Labute approximate surface area is 136 Å². The first-order valence-electron chi connectivity index (χ1n) is 7.41. The molecule has 0 saturated carbocycles. The predicted octanol–water partition coefficient (Wildman–Crippen LogP) is 3.29. The Kier molecular flexibility index (Phi) is 5.94. The van der Waals surface area contributed by atoms with E-state index in [9.17, 15) is 9.90 Å². The Morgan fingerprint density at radius 3 is 2.52 bits per heavy atom. The molecule has 0 saturated heterocycles. The van der Waals surface area contributed by atoms with Crippen LogP contribution >= 0.6 is 0 Å². The lowest BCUT2D eigenvalue weighted by Crippen LogP contribution is -2.06. The molecule has 0 bridgehead atoms. The first-order valence-corrected chi connectivity index (χ1v) is 7.41. The molecule has 0 aliphatic carbocycles. The number of carbonyl (C=O) groups is 1. The maximum absolute atomic E-state index is 12.3. The topological polar surface area (TPSA) is 55.8 Å². The van der Waals surface area contributed by atoms with Crippen LogP contribution in [0.3, 0.4) is 0 Å². The Morgan fingerprint density at radius 2 is 1.91 bits per heavy atom. The van der Waals surface area contributed by atoms with Gasteiger partial charge in [0.2, 0.25) is 0 Å². The van der Waals surface area contributed by atoms with Crippen LogP contribution in [0.1, 0.15) is 23.6 Å². The normalized spacial score (nSPS) is 11.2. The second-order valence-electron chi connectivity index (χ2n) is 4.87. The number of hydrogen-bond acceptors (Lipinski definition) is 4. The summed E-state index contributed by atoms with van der Waals surface area (Å²) in [4.78, 5) is 12.3. The summed E-state index contributed by atoms with van der Waals surface area (Å²) < 4.78 is 10.3. The fourth-order valence-corrected chi connectivity index (χ4v) is 2.27. The van der Waals surface area contributed by atoms with E-state index in [2.05, 4.69) is 0 Å². The van der Waals surface area contributed by atoms with E-state index in [0.29, 0.717) is 23.5 Å². The number of aliphatic hydroxyl groups is 1. The number of hydrogen-bond donors (Lipinski definition) is 1. The highest BCUT2D eigenvalue weighted by molar-refractivity contribution is 6.21. The molecular weight excluding hydrogens is 292 g/mol. The van der Waals surface area contributed by atoms with Gasteiger partial charge in [-0.15, -0.1) is 0 Å². The van der Waals surface area contributed by atoms with Gasteiger partial charge in [0.25, 0.3) is 0 Å². The zero-order chi connectivity index (χ0) is 16.7. The summed E-state index contributed by atoms with van der Waals surface area (Å²) in [6, 6.07) is 14.7. The minimum Gasteiger partial charge on any atom is -0.496 e. The lowest BCUT2D eigenvalue weighted by Gasteiger charge is -2.10. The molecule has 1 N–H and O–H groups in total. The Balaban J connectivity index is 2.46. The lowest BCUT2D eigenvalue weighted by molar-refractivity contribution is -0.136. The zero-order valence-electron chi connectivity index (χ0n) is 13.3. The molecule has 2 aromatic rings. The van der Waals surface area contributed by atoms with Crippen molar-refractivity contribution >= 4 is 17.6 Å². The second-order valence-corrected chi connectivity index (χ2v) is 4.87. The van der Waals surface area contributed by atoms with Crippen molar-refractivity contribution in [3.8, 4) is 5.75 Å². The summed E-state index contributed by atoms with van der Waals surface area (Å²) in [6.45, 7) is 1.95. The zero-order valence-corrected chi connectivity index (χ0v) is 13.3. The molecule has 120 valence electrons. The molecule has 4 nitrogen and oxygen atoms in total. The van der Waals surface area contributed by atoms with Crippen LogP contribution < -0.4 is 4.74 Å². The number of methoxy groups -OCH3 is 1. The maximum Gasteiger partial charge on any atom is 0.338 e. The van der Waals surface area contributed by atoms with Gasteiger partial charge in [0.15, 0.2) is 0 Å². The van der Waals surface area contributed by atoms with Crippen LogP contribution in [-0.2, 0) is 16.1 Å². The third-order valence-electron chi connectivity index (χ3n) is 3.37. The smallest absolute Gasteiger partial charge is 0.338 e. The van der Waals surface area contributed by atoms with Gasteiger partial charge in [-0.1, -0.05) is 36.4 Å². The summed E-state index contributed by atoms with van der Waals surface area (Å²) in [5, 5.41) is 9.43. The molecule has 0 aliphatic heterocycles. The molecule has 2 rings (SSSR count). The fraction of sp³-hybridized carbons (Fsp3) is 0.211. The number of benzene rings is 2. The van der Waals surface area contributed by atoms with Crippen LogP contribution in [0.4, 0.5) is 0 Å². The van der Waals surface area contributed by atoms with E-state index in [4.69, 9.17) is 9.47 Å². The van der Waals surface area contributed by atoms with Gasteiger partial charge in [0, 0.05) is 5.56 Å². The van der Waals surface area contributed by atoms with E-state index in [1.807, 2.05) is 36.4 Å². The van der Waals surface area contributed by atoms with Crippen LogP contribution in [0.2, 0.25) is 0 Å². The molecule has 2 aromatic carbocycles. The number of rotatable bonds is 6. The van der Waals surface area contributed by atoms with Crippen molar-refractivity contribution in [3.63, 3.8) is 0 Å². The van der Waals surface area contributed by atoms with Gasteiger partial charge in [-0.3, -0.25) is 0 Å². The Bertz CT molecular complexity index is 690. The summed E-state index contributed by atoms with van der Waals surface area (Å²) in [5.41, 5.74) is 2.72. The van der Waals surface area contributed by atoms with E-state index in [1.54, 1.807) is 32.2 Å². The average molecular weight is 312 g/mol. The molecule has 0 fully saturated rings. The number of carbonyl (C=O) groups excluding carboxylic acids is 1. The van der Waals surface area contributed by atoms with E-state index in [-0.39, 0.29) is 12.6 Å². The molecule has 0 spiro atoms. The first kappa shape index (κ1) is 16.8. The van der Waals surface area contributed by atoms with Crippen LogP contribution in [0.5, 0.6) is 5.75 Å². The summed E-state index contributed by atoms with van der Waals surface area (Å²) >= 11 is 0. The van der Waals surface area contributed by atoms with Crippen LogP contribution in [0.25, 0.3) is 11.6 Å². The molecule has 0 heterocycles. The quantitative estimate of drug-likeness (QED) is 0.505. The average Bonchev–Trinajstić information content (AvgIpc) is 2.60. The predicted molar refractivity (Wildman–Crippen MR) is 89.9 cm³/mol. The maximum atomic E-state index is 12.3. The SMILES string of the molecule is CCOC(=O)/C(=C\c1ccc(OC)c(CO)c1)c1ccccc1. The standard InChI is InChI=1S/C19H20O4/c1-3-23-19(21)17(15-7-5-4-6-8-15)12-14-9-10-18(22-2)16(11-14)13-20/h4-12,20H,3,13H2,1-2H3/b17-12-. The summed E-state index contributed by atoms with van der Waals surface area (Å²) in [7, 11) is 1.55. The molecule has 23 heavy (non-hydrogen) atoms. The van der Waals surface area contributed by atoms with Crippen LogP contribution in [0.15, 0.2) is 48.5 Å². The van der Waals surface area contributed by atoms with Crippen molar-refractivity contribution in [1.29, 1.82) is 0 Å². The van der Waals surface area contributed by atoms with Gasteiger partial charge < -0.3 is 14.6 Å². The van der Waals surface area contributed by atoms with Crippen molar-refractivity contribution in [2.45, 2.75) is 13.5 Å². The van der Waals surface area contributed by atoms with Gasteiger partial charge in [0.05, 0.1) is 25.9 Å². The Morgan fingerprint density at radius 1 is 1.17 bits per heavy atom. The van der Waals surface area contributed by atoms with E-state index in [1.165, 1.54) is 0 Å². The molecule has 0 unspecified atom stereocenters. The molecule has 0 aromatic heterocycles. The van der Waals surface area contributed by atoms with Gasteiger partial charge in [-0.05, 0) is 36.3 Å². The molecular formula is C19H20O4. The monoisotopic (exact) mass is 312 g/mol. The first-order chi connectivity index (χ1) is 11.2. The van der Waals surface area contributed by atoms with E-state index >= 15 is 0 Å². The van der Waals surface area contributed by atoms with E-state index in [0.717, 1.165) is 11.1 Å². The van der Waals surface area contributed by atoms with Crippen molar-refractivity contribution in [2.75, 3.05) is 13.7 Å². The highest BCUT2D eigenvalue weighted by Gasteiger charge is 2.13. The minimum atomic E-state index is -0.375. The summed E-state index contributed by atoms with van der Waals surface area (Å²) in [6.07, 6.45) is 1.76. The van der Waals surface area contributed by atoms with Gasteiger partial charge in [0.1, 0.15) is 5.75 Å². The molecule has 4 heteroatoms. The summed E-state index contributed by atoms with van der Waals surface area (Å²) in [5.74, 6) is 0.238. The van der Waals surface area contributed by atoms with Crippen LogP contribution in [0, 0.1) is 0 Å². The third-order valence-corrected chi connectivity index (χ3v) is 3.37. The molecule has 0 aliphatic rings. The highest BCUT2D eigenvalue weighted by atomic mass is 16.5.